The van der Waals surface area contributed by atoms with Crippen molar-refractivity contribution in [2.24, 2.45) is 11.3 Å². The minimum absolute atomic E-state index is 0.00645. The molecular weight excluding hydrogens is 360 g/mol. The highest BCUT2D eigenvalue weighted by atomic mass is 32.1. The highest BCUT2D eigenvalue weighted by Crippen LogP contribution is 2.43. The van der Waals surface area contributed by atoms with Crippen molar-refractivity contribution in [1.82, 2.24) is 0 Å². The van der Waals surface area contributed by atoms with Crippen molar-refractivity contribution in [3.05, 3.63) is 0 Å². The van der Waals surface area contributed by atoms with Gasteiger partial charge in [-0.25, -0.2) is 0 Å². The molecule has 0 aromatic carbocycles. The van der Waals surface area contributed by atoms with Gasteiger partial charge in [0.1, 0.15) is 0 Å². The fourth-order valence-electron chi connectivity index (χ4n) is 3.17. The number of hydrogen-bond donors (Lipinski definition) is 1. The van der Waals surface area contributed by atoms with Crippen LogP contribution in [0.5, 0.6) is 0 Å². The molecule has 0 bridgehead atoms. The molecule has 2 nitrogen and oxygen atoms in total. The lowest BCUT2D eigenvalue weighted by Gasteiger charge is -2.44. The zero-order valence-electron chi connectivity index (χ0n) is 18.6. The normalized spacial score (nSPS) is 16.3. The fourth-order valence-corrected chi connectivity index (χ4v) is 13.4. The average Bonchev–Trinajstić information content (AvgIpc) is 2.43. The van der Waals surface area contributed by atoms with Gasteiger partial charge >= 0.3 is 9.28 Å². The monoisotopic (exact) mass is 406 g/mol. The SMILES string of the molecule is CCCCO[SiH](OCCCC)[C@](S)(CC(C)(C)C)[SiH2]C(C)(C)C(C)C. The van der Waals surface area contributed by atoms with Gasteiger partial charge in [-0.15, -0.1) is 0 Å². The smallest absolute Gasteiger partial charge is 0.334 e. The number of hydrogen-bond acceptors (Lipinski definition) is 3. The molecule has 0 aliphatic rings. The molecule has 0 saturated heterocycles. The van der Waals surface area contributed by atoms with E-state index in [1.807, 2.05) is 0 Å². The molecule has 0 aliphatic carbocycles. The molecule has 152 valence electrons. The summed E-state index contributed by atoms with van der Waals surface area (Å²) < 4.78 is 12.9. The summed E-state index contributed by atoms with van der Waals surface area (Å²) >= 11 is 5.37. The molecule has 0 aromatic rings. The number of thiol groups is 1. The van der Waals surface area contributed by atoms with Crippen LogP contribution in [-0.4, -0.2) is 36.0 Å². The quantitative estimate of drug-likeness (QED) is 0.248. The summed E-state index contributed by atoms with van der Waals surface area (Å²) in [6.07, 6.45) is 5.68. The molecule has 0 spiro atoms. The van der Waals surface area contributed by atoms with E-state index in [1.165, 1.54) is 12.8 Å². The summed E-state index contributed by atoms with van der Waals surface area (Å²) in [5, 5.41) is 0.362. The second kappa shape index (κ2) is 11.5. The molecule has 0 heterocycles. The molecule has 0 radical (unpaired) electrons. The van der Waals surface area contributed by atoms with E-state index >= 15 is 0 Å². The van der Waals surface area contributed by atoms with E-state index in [0.717, 1.165) is 32.5 Å². The van der Waals surface area contributed by atoms with E-state index in [-0.39, 0.29) is 9.41 Å². The molecule has 0 N–H and O–H groups in total. The van der Waals surface area contributed by atoms with Gasteiger partial charge in [0.15, 0.2) is 0 Å². The van der Waals surface area contributed by atoms with Gasteiger partial charge in [0.25, 0.3) is 0 Å². The lowest BCUT2D eigenvalue weighted by atomic mass is 9.93. The maximum Gasteiger partial charge on any atom is 0.334 e. The topological polar surface area (TPSA) is 18.5 Å². The first kappa shape index (κ1) is 25.7. The van der Waals surface area contributed by atoms with Crippen LogP contribution in [0.25, 0.3) is 0 Å². The van der Waals surface area contributed by atoms with Gasteiger partial charge in [0.2, 0.25) is 0 Å². The van der Waals surface area contributed by atoms with E-state index < -0.39 is 18.8 Å². The van der Waals surface area contributed by atoms with Crippen molar-refractivity contribution < 1.29 is 8.85 Å². The number of rotatable bonds is 13. The Balaban J connectivity index is 5.47. The van der Waals surface area contributed by atoms with E-state index in [0.29, 0.717) is 11.0 Å². The summed E-state index contributed by atoms with van der Waals surface area (Å²) in [6.45, 7) is 22.7. The maximum absolute atomic E-state index is 6.44. The summed E-state index contributed by atoms with van der Waals surface area (Å²) in [4.78, 5) is 0. The molecule has 25 heavy (non-hydrogen) atoms. The summed E-state index contributed by atoms with van der Waals surface area (Å²) in [6, 6.07) is 0. The minimum atomic E-state index is -1.84. The first-order chi connectivity index (χ1) is 11.4. The summed E-state index contributed by atoms with van der Waals surface area (Å²) in [5.74, 6) is 0.673. The molecule has 1 atom stereocenters. The van der Waals surface area contributed by atoms with Crippen molar-refractivity contribution in [2.75, 3.05) is 13.2 Å². The molecule has 0 amide bonds. The average molecular weight is 407 g/mol. The molecule has 5 heteroatoms. The Kier molecular flexibility index (Phi) is 11.8. The van der Waals surface area contributed by atoms with E-state index in [9.17, 15) is 0 Å². The first-order valence-corrected chi connectivity index (χ1v) is 13.7. The molecule has 0 aliphatic heterocycles. The van der Waals surface area contributed by atoms with Crippen LogP contribution >= 0.6 is 12.6 Å². The Labute approximate surface area is 168 Å². The molecule has 0 unspecified atom stereocenters. The van der Waals surface area contributed by atoms with Crippen LogP contribution in [0, 0.1) is 11.3 Å². The summed E-state index contributed by atoms with van der Waals surface area (Å²) in [7, 11) is -2.35. The van der Waals surface area contributed by atoms with Gasteiger partial charge in [-0.05, 0) is 35.6 Å². The van der Waals surface area contributed by atoms with Crippen LogP contribution in [0.4, 0.5) is 0 Å². The van der Waals surface area contributed by atoms with Crippen LogP contribution in [0.2, 0.25) is 5.04 Å². The molecule has 0 aromatic heterocycles. The first-order valence-electron chi connectivity index (χ1n) is 10.3. The van der Waals surface area contributed by atoms with Crippen LogP contribution < -0.4 is 0 Å². The number of unbranched alkanes of at least 4 members (excludes halogenated alkanes) is 2. The van der Waals surface area contributed by atoms with Crippen molar-refractivity contribution in [3.63, 3.8) is 0 Å². The Bertz CT molecular complexity index is 346. The lowest BCUT2D eigenvalue weighted by molar-refractivity contribution is 0.180. The predicted molar refractivity (Wildman–Crippen MR) is 122 cm³/mol. The standard InChI is InChI=1S/C20H46O2SSi2/c1-10-12-14-21-25(22-15-13-11-2)20(23,16-18(5,6)7)24-19(8,9)17(3)4/h17,23,25H,10-16,24H2,1-9H3/t20-/m0/s1. The minimum Gasteiger partial charge on any atom is -0.396 e. The van der Waals surface area contributed by atoms with Crippen LogP contribution in [0.3, 0.4) is 0 Å². The van der Waals surface area contributed by atoms with Crippen molar-refractivity contribution in [2.45, 2.75) is 103 Å². The van der Waals surface area contributed by atoms with E-state index in [1.54, 1.807) is 0 Å². The van der Waals surface area contributed by atoms with Crippen molar-refractivity contribution >= 4 is 31.4 Å². The predicted octanol–water partition coefficient (Wildman–Crippen LogP) is 5.47. The third-order valence-electron chi connectivity index (χ3n) is 5.13. The third kappa shape index (κ3) is 10.6. The largest absolute Gasteiger partial charge is 0.396 e. The molecular formula is C20H46O2SSi2. The van der Waals surface area contributed by atoms with E-state index in [4.69, 9.17) is 21.5 Å². The maximum atomic E-state index is 6.44. The van der Waals surface area contributed by atoms with Gasteiger partial charge < -0.3 is 8.85 Å². The third-order valence-corrected chi connectivity index (χ3v) is 12.8. The van der Waals surface area contributed by atoms with Gasteiger partial charge in [-0.2, -0.15) is 12.6 Å². The zero-order valence-corrected chi connectivity index (χ0v) is 22.0. The Morgan fingerprint density at radius 1 is 0.920 bits per heavy atom. The van der Waals surface area contributed by atoms with Crippen molar-refractivity contribution in [1.29, 1.82) is 0 Å². The van der Waals surface area contributed by atoms with E-state index in [2.05, 4.69) is 62.3 Å². The van der Waals surface area contributed by atoms with Gasteiger partial charge in [-0.1, -0.05) is 75.2 Å². The Morgan fingerprint density at radius 3 is 1.68 bits per heavy atom. The Morgan fingerprint density at radius 2 is 1.36 bits per heavy atom. The summed E-state index contributed by atoms with van der Waals surface area (Å²) in [5.41, 5.74) is 0.245. The zero-order chi connectivity index (χ0) is 19.7. The second-order valence-electron chi connectivity index (χ2n) is 9.94. The van der Waals surface area contributed by atoms with Gasteiger partial charge in [-0.3, -0.25) is 0 Å². The molecule has 0 rings (SSSR count). The van der Waals surface area contributed by atoms with Crippen LogP contribution in [0.1, 0.15) is 94.4 Å². The lowest BCUT2D eigenvalue weighted by Crippen LogP contribution is -2.55. The highest BCUT2D eigenvalue weighted by molar-refractivity contribution is 7.85. The van der Waals surface area contributed by atoms with Crippen LogP contribution in [-0.2, 0) is 8.85 Å². The highest BCUT2D eigenvalue weighted by Gasteiger charge is 2.47. The van der Waals surface area contributed by atoms with Crippen LogP contribution in [0.15, 0.2) is 0 Å². The second-order valence-corrected chi connectivity index (χ2v) is 18.6. The fraction of sp³-hybridized carbons (Fsp3) is 1.00. The van der Waals surface area contributed by atoms with Crippen molar-refractivity contribution in [3.8, 4) is 0 Å². The molecule has 0 saturated carbocycles. The van der Waals surface area contributed by atoms with Gasteiger partial charge in [0.05, 0.1) is 0 Å². The Hall–Kier alpha value is 0.704. The van der Waals surface area contributed by atoms with Gasteiger partial charge in [0, 0.05) is 26.7 Å². The molecule has 0 fully saturated rings.